The van der Waals surface area contributed by atoms with Crippen molar-refractivity contribution in [3.05, 3.63) is 35.4 Å². The molecule has 1 saturated carbocycles. The van der Waals surface area contributed by atoms with E-state index in [9.17, 15) is 4.79 Å². The molecule has 1 aliphatic carbocycles. The first kappa shape index (κ1) is 14.3. The summed E-state index contributed by atoms with van der Waals surface area (Å²) in [5.74, 6) is 0.638. The van der Waals surface area contributed by atoms with Gasteiger partial charge in [0.2, 0.25) is 0 Å². The van der Waals surface area contributed by atoms with Crippen LogP contribution in [0.3, 0.4) is 0 Å². The van der Waals surface area contributed by atoms with E-state index in [2.05, 4.69) is 32.9 Å². The Morgan fingerprint density at radius 2 is 1.68 bits per heavy atom. The molecule has 1 nitrogen and oxygen atoms in total. The molecule has 0 atom stereocenters. The number of hydrogen-bond donors (Lipinski definition) is 0. The molecule has 104 valence electrons. The average Bonchev–Trinajstić information content (AvgIpc) is 2.47. The first-order valence-corrected chi connectivity index (χ1v) is 7.69. The van der Waals surface area contributed by atoms with E-state index in [0.717, 1.165) is 24.8 Å². The Morgan fingerprint density at radius 3 is 2.21 bits per heavy atom. The Labute approximate surface area is 117 Å². The van der Waals surface area contributed by atoms with Crippen LogP contribution in [0.4, 0.5) is 0 Å². The first-order chi connectivity index (χ1) is 9.04. The van der Waals surface area contributed by atoms with Crippen LogP contribution in [0, 0.1) is 5.92 Å². The molecule has 0 heterocycles. The van der Waals surface area contributed by atoms with Gasteiger partial charge in [-0.25, -0.2) is 0 Å². The van der Waals surface area contributed by atoms with Crippen LogP contribution in [0.25, 0.3) is 0 Å². The number of carbonyl (C=O) groups excluding carboxylic acids is 1. The van der Waals surface area contributed by atoms with Gasteiger partial charge >= 0.3 is 0 Å². The molecule has 0 spiro atoms. The van der Waals surface area contributed by atoms with Gasteiger partial charge in [-0.1, -0.05) is 64.3 Å². The number of carbonyl (C=O) groups is 1. The van der Waals surface area contributed by atoms with Crippen LogP contribution < -0.4 is 0 Å². The van der Waals surface area contributed by atoms with Crippen LogP contribution in [0.5, 0.6) is 0 Å². The molecule has 0 saturated heterocycles. The van der Waals surface area contributed by atoms with Gasteiger partial charge in [0.05, 0.1) is 0 Å². The Kier molecular flexibility index (Phi) is 4.44. The molecule has 1 aromatic carbocycles. The summed E-state index contributed by atoms with van der Waals surface area (Å²) in [6, 6.07) is 8.34. The maximum absolute atomic E-state index is 12.4. The van der Waals surface area contributed by atoms with Gasteiger partial charge in [0.15, 0.2) is 5.78 Å². The van der Waals surface area contributed by atoms with Crippen molar-refractivity contribution in [1.82, 2.24) is 0 Å². The van der Waals surface area contributed by atoms with E-state index in [1.165, 1.54) is 24.8 Å². The highest BCUT2D eigenvalue weighted by Crippen LogP contribution is 2.29. The van der Waals surface area contributed by atoms with E-state index in [1.807, 2.05) is 12.1 Å². The number of benzene rings is 1. The number of ketones is 1. The van der Waals surface area contributed by atoms with Crippen molar-refractivity contribution in [2.45, 2.75) is 64.7 Å². The zero-order valence-corrected chi connectivity index (χ0v) is 12.5. The van der Waals surface area contributed by atoms with Crippen LogP contribution >= 0.6 is 0 Å². The smallest absolute Gasteiger partial charge is 0.165 e. The van der Waals surface area contributed by atoms with E-state index in [1.54, 1.807) is 0 Å². The summed E-state index contributed by atoms with van der Waals surface area (Å²) in [4.78, 5) is 12.4. The third-order valence-corrected chi connectivity index (χ3v) is 4.81. The second-order valence-corrected chi connectivity index (χ2v) is 6.51. The fourth-order valence-corrected chi connectivity index (χ4v) is 2.89. The van der Waals surface area contributed by atoms with E-state index < -0.39 is 0 Å². The fraction of sp³-hybridized carbons (Fsp3) is 0.611. The monoisotopic (exact) mass is 258 g/mol. The maximum atomic E-state index is 12.4. The van der Waals surface area contributed by atoms with Gasteiger partial charge in [-0.2, -0.15) is 0 Å². The van der Waals surface area contributed by atoms with Gasteiger partial charge in [0.1, 0.15) is 0 Å². The van der Waals surface area contributed by atoms with Gasteiger partial charge in [0.25, 0.3) is 0 Å². The quantitative estimate of drug-likeness (QED) is 0.684. The van der Waals surface area contributed by atoms with Gasteiger partial charge < -0.3 is 0 Å². The zero-order valence-electron chi connectivity index (χ0n) is 12.5. The summed E-state index contributed by atoms with van der Waals surface area (Å²) in [6.45, 7) is 6.72. The average molecular weight is 258 g/mol. The highest BCUT2D eigenvalue weighted by molar-refractivity contribution is 5.97. The molecule has 0 unspecified atom stereocenters. The minimum atomic E-state index is 0.201. The Bertz CT molecular complexity index is 422. The predicted molar refractivity (Wildman–Crippen MR) is 80.7 cm³/mol. The molecule has 19 heavy (non-hydrogen) atoms. The van der Waals surface area contributed by atoms with E-state index in [-0.39, 0.29) is 11.3 Å². The van der Waals surface area contributed by atoms with Crippen LogP contribution in [0.15, 0.2) is 24.3 Å². The molecule has 0 aromatic heterocycles. The van der Waals surface area contributed by atoms with Crippen LogP contribution in [0.1, 0.15) is 75.2 Å². The molecule has 0 bridgehead atoms. The van der Waals surface area contributed by atoms with Crippen molar-refractivity contribution >= 4 is 5.78 Å². The van der Waals surface area contributed by atoms with Crippen LogP contribution in [-0.2, 0) is 5.41 Å². The minimum Gasteiger partial charge on any atom is -0.294 e. The van der Waals surface area contributed by atoms with Crippen molar-refractivity contribution in [2.75, 3.05) is 0 Å². The summed E-state index contributed by atoms with van der Waals surface area (Å²) in [6.07, 6.45) is 7.02. The van der Waals surface area contributed by atoms with Crippen molar-refractivity contribution in [3.8, 4) is 0 Å². The van der Waals surface area contributed by atoms with Gasteiger partial charge in [-0.15, -0.1) is 0 Å². The van der Waals surface area contributed by atoms with Crippen molar-refractivity contribution in [2.24, 2.45) is 5.92 Å². The van der Waals surface area contributed by atoms with E-state index in [4.69, 9.17) is 0 Å². The third-order valence-electron chi connectivity index (χ3n) is 4.81. The van der Waals surface area contributed by atoms with Gasteiger partial charge in [0, 0.05) is 11.5 Å². The standard InChI is InChI=1S/C18H26O/c1-4-18(2,3)16-12-10-15(11-13-16)17(19)14-8-6-5-7-9-14/h10-14H,4-9H2,1-3H3. The second-order valence-electron chi connectivity index (χ2n) is 6.51. The molecule has 0 aliphatic heterocycles. The fourth-order valence-electron chi connectivity index (χ4n) is 2.89. The summed E-state index contributed by atoms with van der Waals surface area (Å²) < 4.78 is 0. The molecule has 1 aliphatic rings. The molecule has 0 radical (unpaired) electrons. The molecule has 0 amide bonds. The number of Topliss-reactive ketones (excluding diaryl/α,β-unsaturated/α-hetero) is 1. The SMILES string of the molecule is CCC(C)(C)c1ccc(C(=O)C2CCCCC2)cc1. The topological polar surface area (TPSA) is 17.1 Å². The number of hydrogen-bond acceptors (Lipinski definition) is 1. The first-order valence-electron chi connectivity index (χ1n) is 7.69. The second kappa shape index (κ2) is 5.90. The lowest BCUT2D eigenvalue weighted by molar-refractivity contribution is 0.0889. The zero-order chi connectivity index (χ0) is 13.9. The summed E-state index contributed by atoms with van der Waals surface area (Å²) in [7, 11) is 0. The molecule has 2 rings (SSSR count). The highest BCUT2D eigenvalue weighted by atomic mass is 16.1. The molecular weight excluding hydrogens is 232 g/mol. The number of rotatable bonds is 4. The Morgan fingerprint density at radius 1 is 1.11 bits per heavy atom. The highest BCUT2D eigenvalue weighted by Gasteiger charge is 2.23. The Balaban J connectivity index is 2.11. The maximum Gasteiger partial charge on any atom is 0.165 e. The predicted octanol–water partition coefficient (Wildman–Crippen LogP) is 5.14. The van der Waals surface area contributed by atoms with E-state index >= 15 is 0 Å². The summed E-state index contributed by atoms with van der Waals surface area (Å²) in [5, 5.41) is 0. The van der Waals surface area contributed by atoms with Crippen LogP contribution in [0.2, 0.25) is 0 Å². The third kappa shape index (κ3) is 3.26. The molecule has 1 fully saturated rings. The normalized spacial score (nSPS) is 17.4. The Hall–Kier alpha value is -1.11. The lowest BCUT2D eigenvalue weighted by Gasteiger charge is -2.24. The summed E-state index contributed by atoms with van der Waals surface area (Å²) >= 11 is 0. The molecular formula is C18H26O. The lowest BCUT2D eigenvalue weighted by Crippen LogP contribution is -2.19. The van der Waals surface area contributed by atoms with Gasteiger partial charge in [-0.05, 0) is 30.2 Å². The van der Waals surface area contributed by atoms with Gasteiger partial charge in [-0.3, -0.25) is 4.79 Å². The van der Waals surface area contributed by atoms with Crippen molar-refractivity contribution < 1.29 is 4.79 Å². The largest absolute Gasteiger partial charge is 0.294 e. The van der Waals surface area contributed by atoms with Crippen molar-refractivity contribution in [3.63, 3.8) is 0 Å². The van der Waals surface area contributed by atoms with E-state index in [0.29, 0.717) is 5.78 Å². The summed E-state index contributed by atoms with van der Waals surface area (Å²) in [5.41, 5.74) is 2.43. The molecule has 1 heteroatoms. The molecule has 1 aromatic rings. The van der Waals surface area contributed by atoms with Crippen molar-refractivity contribution in [1.29, 1.82) is 0 Å². The minimum absolute atomic E-state index is 0.201. The molecule has 0 N–H and O–H groups in total. The van der Waals surface area contributed by atoms with Crippen LogP contribution in [-0.4, -0.2) is 5.78 Å². The lowest BCUT2D eigenvalue weighted by atomic mass is 9.80.